The third kappa shape index (κ3) is 8.22. The highest BCUT2D eigenvalue weighted by Gasteiger charge is 2.09. The van der Waals surface area contributed by atoms with Gasteiger partial charge in [0.15, 0.2) is 6.61 Å². The first kappa shape index (κ1) is 21.4. The first-order chi connectivity index (χ1) is 13.5. The number of aryl methyl sites for hydroxylation is 1. The minimum atomic E-state index is -0.476. The Morgan fingerprint density at radius 3 is 2.71 bits per heavy atom. The molecule has 0 aliphatic rings. The van der Waals surface area contributed by atoms with Crippen LogP contribution in [0.3, 0.4) is 0 Å². The van der Waals surface area contributed by atoms with Crippen LogP contribution in [0.25, 0.3) is 0 Å². The smallest absolute Gasteiger partial charge is 0.306 e. The van der Waals surface area contributed by atoms with E-state index in [4.69, 9.17) is 9.47 Å². The van der Waals surface area contributed by atoms with Crippen LogP contribution < -0.4 is 15.4 Å². The third-order valence-corrected chi connectivity index (χ3v) is 4.36. The summed E-state index contributed by atoms with van der Waals surface area (Å²) >= 11 is 1.45. The lowest BCUT2D eigenvalue weighted by Gasteiger charge is -2.09. The molecule has 1 aromatic carbocycles. The van der Waals surface area contributed by atoms with Gasteiger partial charge in [-0.25, -0.2) is 0 Å². The molecule has 0 aliphatic carbocycles. The van der Waals surface area contributed by atoms with Crippen molar-refractivity contribution in [2.24, 2.45) is 0 Å². The van der Waals surface area contributed by atoms with Gasteiger partial charge in [0.1, 0.15) is 12.4 Å². The maximum Gasteiger partial charge on any atom is 0.306 e. The molecule has 2 aromatic rings. The number of amides is 2. The molecule has 2 rings (SSSR count). The monoisotopic (exact) mass is 404 g/mol. The topological polar surface area (TPSA) is 93.7 Å². The van der Waals surface area contributed by atoms with Gasteiger partial charge < -0.3 is 20.1 Å². The molecule has 0 saturated carbocycles. The van der Waals surface area contributed by atoms with E-state index in [2.05, 4.69) is 10.6 Å². The lowest BCUT2D eigenvalue weighted by atomic mass is 10.2. The van der Waals surface area contributed by atoms with E-state index in [1.165, 1.54) is 11.3 Å². The fraction of sp³-hybridized carbons (Fsp3) is 0.350. The van der Waals surface area contributed by atoms with Gasteiger partial charge in [-0.2, -0.15) is 11.3 Å². The Kier molecular flexibility index (Phi) is 9.00. The van der Waals surface area contributed by atoms with Crippen LogP contribution in [0, 0.1) is 6.92 Å². The minimum Gasteiger partial charge on any atom is -0.492 e. The maximum absolute atomic E-state index is 11.7. The predicted molar refractivity (Wildman–Crippen MR) is 107 cm³/mol. The number of carbonyl (C=O) groups is 3. The van der Waals surface area contributed by atoms with Crippen LogP contribution in [-0.2, 0) is 14.3 Å². The summed E-state index contributed by atoms with van der Waals surface area (Å²) in [5.41, 5.74) is 1.70. The molecule has 0 spiro atoms. The van der Waals surface area contributed by atoms with Crippen LogP contribution in [0.15, 0.2) is 41.1 Å². The Hall–Kier alpha value is -2.87. The molecular formula is C20H24N2O5S. The Balaban J connectivity index is 1.48. The molecule has 0 saturated heterocycles. The fourth-order valence-corrected chi connectivity index (χ4v) is 2.90. The number of benzene rings is 1. The van der Waals surface area contributed by atoms with E-state index in [9.17, 15) is 14.4 Å². The minimum absolute atomic E-state index is 0.133. The largest absolute Gasteiger partial charge is 0.492 e. The molecule has 0 unspecified atom stereocenters. The molecule has 28 heavy (non-hydrogen) atoms. The van der Waals surface area contributed by atoms with Gasteiger partial charge in [0.2, 0.25) is 0 Å². The summed E-state index contributed by atoms with van der Waals surface area (Å²) in [5.74, 6) is -0.281. The number of thiophene rings is 1. The molecule has 150 valence electrons. The zero-order valence-corrected chi connectivity index (χ0v) is 16.6. The normalized spacial score (nSPS) is 10.2. The summed E-state index contributed by atoms with van der Waals surface area (Å²) in [6.07, 6.45) is 0.578. The van der Waals surface area contributed by atoms with E-state index < -0.39 is 5.97 Å². The molecule has 2 amide bonds. The molecule has 1 aromatic heterocycles. The lowest BCUT2D eigenvalue weighted by molar-refractivity contribution is -0.148. The fourth-order valence-electron chi connectivity index (χ4n) is 2.26. The molecular weight excluding hydrogens is 380 g/mol. The quantitative estimate of drug-likeness (QED) is 0.443. The summed E-state index contributed by atoms with van der Waals surface area (Å²) < 4.78 is 10.4. The van der Waals surface area contributed by atoms with Crippen LogP contribution in [-0.4, -0.2) is 44.1 Å². The molecule has 0 bridgehead atoms. The highest BCUT2D eigenvalue weighted by molar-refractivity contribution is 7.08. The second kappa shape index (κ2) is 11.8. The number of nitrogens with one attached hydrogen (secondary N) is 2. The summed E-state index contributed by atoms with van der Waals surface area (Å²) in [6.45, 7) is 2.66. The molecule has 2 N–H and O–H groups in total. The van der Waals surface area contributed by atoms with E-state index >= 15 is 0 Å². The highest BCUT2D eigenvalue weighted by atomic mass is 32.1. The maximum atomic E-state index is 11.7. The van der Waals surface area contributed by atoms with Crippen molar-refractivity contribution < 1.29 is 23.9 Å². The predicted octanol–water partition coefficient (Wildman–Crippen LogP) is 2.30. The van der Waals surface area contributed by atoms with Crippen LogP contribution >= 0.6 is 11.3 Å². The van der Waals surface area contributed by atoms with E-state index in [-0.39, 0.29) is 24.8 Å². The number of hydrogen-bond donors (Lipinski definition) is 2. The van der Waals surface area contributed by atoms with Crippen LogP contribution in [0.5, 0.6) is 5.75 Å². The summed E-state index contributed by atoms with van der Waals surface area (Å²) in [7, 11) is 0. The third-order valence-electron chi connectivity index (χ3n) is 3.67. The summed E-state index contributed by atoms with van der Waals surface area (Å²) in [5, 5.41) is 8.93. The van der Waals surface area contributed by atoms with Gasteiger partial charge in [0.05, 0.1) is 6.54 Å². The van der Waals surface area contributed by atoms with Crippen molar-refractivity contribution in [3.8, 4) is 5.75 Å². The van der Waals surface area contributed by atoms with Crippen molar-refractivity contribution in [3.63, 3.8) is 0 Å². The molecule has 0 fully saturated rings. The number of hydrogen-bond acceptors (Lipinski definition) is 6. The molecule has 8 heteroatoms. The van der Waals surface area contributed by atoms with E-state index in [0.29, 0.717) is 31.7 Å². The van der Waals surface area contributed by atoms with Crippen molar-refractivity contribution >= 4 is 29.1 Å². The average molecular weight is 404 g/mol. The number of esters is 1. The second-order valence-corrected chi connectivity index (χ2v) is 6.83. The van der Waals surface area contributed by atoms with Gasteiger partial charge in [-0.1, -0.05) is 12.1 Å². The van der Waals surface area contributed by atoms with E-state index in [0.717, 1.165) is 11.3 Å². The summed E-state index contributed by atoms with van der Waals surface area (Å²) in [4.78, 5) is 35.0. The SMILES string of the molecule is Cc1cccc(OCCNC(=O)COC(=O)CCCNC(=O)c2ccsc2)c1. The number of ether oxygens (including phenoxy) is 2. The van der Waals surface area contributed by atoms with Crippen molar-refractivity contribution in [2.75, 3.05) is 26.3 Å². The van der Waals surface area contributed by atoms with Crippen LogP contribution in [0.1, 0.15) is 28.8 Å². The van der Waals surface area contributed by atoms with Gasteiger partial charge in [-0.3, -0.25) is 14.4 Å². The molecule has 0 atom stereocenters. The standard InChI is InChI=1S/C20H24N2O5S/c1-15-4-2-5-17(12-15)26-10-9-21-18(23)13-27-19(24)6-3-8-22-20(25)16-7-11-28-14-16/h2,4-5,7,11-12,14H,3,6,8-10,13H2,1H3,(H,21,23)(H,22,25). The van der Waals surface area contributed by atoms with Gasteiger partial charge in [0.25, 0.3) is 11.8 Å². The van der Waals surface area contributed by atoms with Crippen molar-refractivity contribution in [3.05, 3.63) is 52.2 Å². The molecule has 0 radical (unpaired) electrons. The average Bonchev–Trinajstić information content (AvgIpc) is 3.22. The number of rotatable bonds is 11. The van der Waals surface area contributed by atoms with Crippen molar-refractivity contribution in [2.45, 2.75) is 19.8 Å². The number of carbonyl (C=O) groups excluding carboxylic acids is 3. The van der Waals surface area contributed by atoms with Crippen LogP contribution in [0.2, 0.25) is 0 Å². The van der Waals surface area contributed by atoms with Gasteiger partial charge in [-0.15, -0.1) is 0 Å². The molecule has 0 aliphatic heterocycles. The van der Waals surface area contributed by atoms with Gasteiger partial charge >= 0.3 is 5.97 Å². The summed E-state index contributed by atoms with van der Waals surface area (Å²) in [6, 6.07) is 9.36. The molecule has 1 heterocycles. The zero-order chi connectivity index (χ0) is 20.2. The Morgan fingerprint density at radius 2 is 1.96 bits per heavy atom. The highest BCUT2D eigenvalue weighted by Crippen LogP contribution is 2.11. The second-order valence-electron chi connectivity index (χ2n) is 6.05. The van der Waals surface area contributed by atoms with E-state index in [1.54, 1.807) is 11.4 Å². The van der Waals surface area contributed by atoms with Crippen molar-refractivity contribution in [1.82, 2.24) is 10.6 Å². The van der Waals surface area contributed by atoms with Gasteiger partial charge in [0, 0.05) is 23.9 Å². The Labute approximate surface area is 168 Å². The Bertz CT molecular complexity index is 777. The Morgan fingerprint density at radius 1 is 1.11 bits per heavy atom. The molecule has 7 nitrogen and oxygen atoms in total. The van der Waals surface area contributed by atoms with Crippen LogP contribution in [0.4, 0.5) is 0 Å². The van der Waals surface area contributed by atoms with E-state index in [1.807, 2.05) is 36.6 Å². The zero-order valence-electron chi connectivity index (χ0n) is 15.7. The first-order valence-electron chi connectivity index (χ1n) is 8.97. The lowest BCUT2D eigenvalue weighted by Crippen LogP contribution is -2.32. The van der Waals surface area contributed by atoms with Gasteiger partial charge in [-0.05, 0) is 42.5 Å². The van der Waals surface area contributed by atoms with Crippen molar-refractivity contribution in [1.29, 1.82) is 0 Å². The first-order valence-corrected chi connectivity index (χ1v) is 9.91.